The lowest BCUT2D eigenvalue weighted by Gasteiger charge is -2.26. The van der Waals surface area contributed by atoms with Crippen molar-refractivity contribution in [1.82, 2.24) is 9.55 Å². The number of amides is 1. The maximum Gasteiger partial charge on any atom is 0.237 e. The number of rotatable bonds is 5. The summed E-state index contributed by atoms with van der Waals surface area (Å²) in [5.74, 6) is -0.637. The predicted molar refractivity (Wildman–Crippen MR) is 104 cm³/mol. The standard InChI is InChI=1S/C20H26FN3OS/c1-13-14(2)24(16-9-5-4-6-10-16)20(22-13)26-15(3)19(25)23-18-12-8-7-11-17(18)21/h7-8,11-12,15-16H,4-6,9-10H2,1-3H3,(H,23,25). The van der Waals surface area contributed by atoms with Crippen LogP contribution >= 0.6 is 11.8 Å². The van der Waals surface area contributed by atoms with Crippen LogP contribution in [0.4, 0.5) is 10.1 Å². The van der Waals surface area contributed by atoms with Gasteiger partial charge in [-0.1, -0.05) is 43.2 Å². The van der Waals surface area contributed by atoms with Crippen LogP contribution in [-0.2, 0) is 4.79 Å². The molecular weight excluding hydrogens is 349 g/mol. The van der Waals surface area contributed by atoms with Crippen LogP contribution in [0, 0.1) is 19.7 Å². The molecule has 1 aliphatic carbocycles. The summed E-state index contributed by atoms with van der Waals surface area (Å²) < 4.78 is 16.1. The zero-order valence-electron chi connectivity index (χ0n) is 15.6. The fraction of sp³-hybridized carbons (Fsp3) is 0.500. The fourth-order valence-electron chi connectivity index (χ4n) is 3.46. The minimum absolute atomic E-state index is 0.214. The van der Waals surface area contributed by atoms with Gasteiger partial charge in [-0.05, 0) is 45.7 Å². The van der Waals surface area contributed by atoms with Crippen molar-refractivity contribution < 1.29 is 9.18 Å². The molecule has 0 radical (unpaired) electrons. The molecule has 3 rings (SSSR count). The number of benzene rings is 1. The second-order valence-corrected chi connectivity index (χ2v) is 8.26. The molecule has 26 heavy (non-hydrogen) atoms. The second-order valence-electron chi connectivity index (χ2n) is 6.96. The van der Waals surface area contributed by atoms with Crippen molar-refractivity contribution in [2.24, 2.45) is 0 Å². The maximum absolute atomic E-state index is 13.8. The first-order valence-corrected chi connectivity index (χ1v) is 10.1. The van der Waals surface area contributed by atoms with Crippen molar-refractivity contribution >= 4 is 23.4 Å². The number of nitrogens with zero attached hydrogens (tertiary/aromatic N) is 2. The summed E-state index contributed by atoms with van der Waals surface area (Å²) >= 11 is 1.45. The van der Waals surface area contributed by atoms with Gasteiger partial charge in [0.15, 0.2) is 5.16 Å². The van der Waals surface area contributed by atoms with Gasteiger partial charge in [-0.15, -0.1) is 0 Å². The van der Waals surface area contributed by atoms with Crippen molar-refractivity contribution in [2.75, 3.05) is 5.32 Å². The van der Waals surface area contributed by atoms with Crippen molar-refractivity contribution in [2.45, 2.75) is 69.3 Å². The molecule has 2 aromatic rings. The number of hydrogen-bond acceptors (Lipinski definition) is 3. The number of aryl methyl sites for hydroxylation is 1. The monoisotopic (exact) mass is 375 g/mol. The van der Waals surface area contributed by atoms with Crippen LogP contribution in [-0.4, -0.2) is 20.7 Å². The SMILES string of the molecule is Cc1nc(SC(C)C(=O)Nc2ccccc2F)n(C2CCCCC2)c1C. The summed E-state index contributed by atoms with van der Waals surface area (Å²) in [6, 6.07) is 6.70. The molecule has 1 saturated carbocycles. The van der Waals surface area contributed by atoms with E-state index in [4.69, 9.17) is 4.98 Å². The van der Waals surface area contributed by atoms with Crippen LogP contribution < -0.4 is 5.32 Å². The summed E-state index contributed by atoms with van der Waals surface area (Å²) in [6.07, 6.45) is 6.12. The molecule has 4 nitrogen and oxygen atoms in total. The molecule has 0 saturated heterocycles. The average Bonchev–Trinajstić information content (AvgIpc) is 2.91. The Balaban J connectivity index is 1.74. The van der Waals surface area contributed by atoms with E-state index < -0.39 is 5.82 Å². The minimum Gasteiger partial charge on any atom is -0.323 e. The molecule has 0 spiro atoms. The summed E-state index contributed by atoms with van der Waals surface area (Å²) in [5.41, 5.74) is 2.41. The third-order valence-electron chi connectivity index (χ3n) is 5.08. The lowest BCUT2D eigenvalue weighted by atomic mass is 9.95. The quantitative estimate of drug-likeness (QED) is 0.725. The molecule has 140 valence electrons. The number of imidazole rings is 1. The fourth-order valence-corrected chi connectivity index (χ4v) is 4.53. The predicted octanol–water partition coefficient (Wildman–Crippen LogP) is 5.26. The normalized spacial score (nSPS) is 16.5. The zero-order valence-corrected chi connectivity index (χ0v) is 16.4. The van der Waals surface area contributed by atoms with Gasteiger partial charge in [0.2, 0.25) is 5.91 Å². The highest BCUT2D eigenvalue weighted by Crippen LogP contribution is 2.35. The number of para-hydroxylation sites is 1. The highest BCUT2D eigenvalue weighted by molar-refractivity contribution is 8.00. The Kier molecular flexibility index (Phi) is 6.01. The number of carbonyl (C=O) groups is 1. The largest absolute Gasteiger partial charge is 0.323 e. The van der Waals surface area contributed by atoms with Crippen LogP contribution in [0.5, 0.6) is 0 Å². The number of carbonyl (C=O) groups excluding carboxylic acids is 1. The van der Waals surface area contributed by atoms with E-state index in [0.717, 1.165) is 10.9 Å². The van der Waals surface area contributed by atoms with Gasteiger partial charge in [0, 0.05) is 11.7 Å². The van der Waals surface area contributed by atoms with Gasteiger partial charge >= 0.3 is 0 Å². The van der Waals surface area contributed by atoms with E-state index in [-0.39, 0.29) is 16.8 Å². The molecule has 1 N–H and O–H groups in total. The Morgan fingerprint density at radius 1 is 1.27 bits per heavy atom. The number of hydrogen-bond donors (Lipinski definition) is 1. The van der Waals surface area contributed by atoms with E-state index in [2.05, 4.69) is 16.8 Å². The second kappa shape index (κ2) is 8.25. The van der Waals surface area contributed by atoms with Crippen LogP contribution in [0.3, 0.4) is 0 Å². The van der Waals surface area contributed by atoms with Crippen LogP contribution in [0.15, 0.2) is 29.4 Å². The van der Waals surface area contributed by atoms with Gasteiger partial charge in [-0.3, -0.25) is 4.79 Å². The Morgan fingerprint density at radius 3 is 2.65 bits per heavy atom. The Hall–Kier alpha value is -1.82. The lowest BCUT2D eigenvalue weighted by molar-refractivity contribution is -0.115. The topological polar surface area (TPSA) is 46.9 Å². The van der Waals surface area contributed by atoms with E-state index in [0.29, 0.717) is 6.04 Å². The smallest absolute Gasteiger partial charge is 0.237 e. The third-order valence-corrected chi connectivity index (χ3v) is 6.14. The number of thioether (sulfide) groups is 1. The highest BCUT2D eigenvalue weighted by Gasteiger charge is 2.25. The van der Waals surface area contributed by atoms with Crippen molar-refractivity contribution in [3.05, 3.63) is 41.5 Å². The van der Waals surface area contributed by atoms with Gasteiger partial charge < -0.3 is 9.88 Å². The molecule has 1 aromatic heterocycles. The molecule has 1 amide bonds. The van der Waals surface area contributed by atoms with Gasteiger partial charge in [0.1, 0.15) is 5.82 Å². The molecule has 1 unspecified atom stereocenters. The van der Waals surface area contributed by atoms with Crippen LogP contribution in [0.25, 0.3) is 0 Å². The first-order chi connectivity index (χ1) is 12.5. The number of nitrogens with one attached hydrogen (secondary N) is 1. The highest BCUT2D eigenvalue weighted by atomic mass is 32.2. The first kappa shape index (κ1) is 19.0. The van der Waals surface area contributed by atoms with E-state index in [1.54, 1.807) is 18.2 Å². The maximum atomic E-state index is 13.8. The number of aromatic nitrogens is 2. The molecule has 1 aromatic carbocycles. The van der Waals surface area contributed by atoms with Crippen molar-refractivity contribution in [3.63, 3.8) is 0 Å². The van der Waals surface area contributed by atoms with Crippen LogP contribution in [0.1, 0.15) is 56.5 Å². The Morgan fingerprint density at radius 2 is 1.96 bits per heavy atom. The van der Waals surface area contributed by atoms with E-state index in [9.17, 15) is 9.18 Å². The van der Waals surface area contributed by atoms with Gasteiger partial charge in [0.05, 0.1) is 16.6 Å². The van der Waals surface area contributed by atoms with Gasteiger partial charge in [0.25, 0.3) is 0 Å². The number of anilines is 1. The molecule has 0 aliphatic heterocycles. The molecule has 1 atom stereocenters. The molecule has 0 bridgehead atoms. The molecular formula is C20H26FN3OS. The van der Waals surface area contributed by atoms with Crippen molar-refractivity contribution in [1.29, 1.82) is 0 Å². The Labute approximate surface area is 158 Å². The van der Waals surface area contributed by atoms with E-state index in [1.165, 1.54) is 55.6 Å². The Bertz CT molecular complexity index is 783. The van der Waals surface area contributed by atoms with Crippen LogP contribution in [0.2, 0.25) is 0 Å². The molecule has 6 heteroatoms. The van der Waals surface area contributed by atoms with Gasteiger partial charge in [-0.25, -0.2) is 9.37 Å². The summed E-state index contributed by atoms with van der Waals surface area (Å²) in [4.78, 5) is 17.2. The minimum atomic E-state index is -0.423. The van der Waals surface area contributed by atoms with Crippen molar-refractivity contribution in [3.8, 4) is 0 Å². The number of halogens is 1. The van der Waals surface area contributed by atoms with E-state index >= 15 is 0 Å². The van der Waals surface area contributed by atoms with Gasteiger partial charge in [-0.2, -0.15) is 0 Å². The summed E-state index contributed by atoms with van der Waals surface area (Å²) in [5, 5.41) is 3.21. The zero-order chi connectivity index (χ0) is 18.7. The third kappa shape index (κ3) is 4.11. The first-order valence-electron chi connectivity index (χ1n) is 9.25. The average molecular weight is 376 g/mol. The van der Waals surface area contributed by atoms with E-state index in [1.807, 2.05) is 13.8 Å². The summed E-state index contributed by atoms with van der Waals surface area (Å²) in [7, 11) is 0. The molecule has 1 fully saturated rings. The summed E-state index contributed by atoms with van der Waals surface area (Å²) in [6.45, 7) is 5.96. The lowest BCUT2D eigenvalue weighted by Crippen LogP contribution is -2.24. The molecule has 1 heterocycles. The molecule has 1 aliphatic rings.